The fourth-order valence-electron chi connectivity index (χ4n) is 4.60. The smallest absolute Gasteiger partial charge is 0.220 e. The van der Waals surface area contributed by atoms with Crippen molar-refractivity contribution in [3.05, 3.63) is 58.3 Å². The molecular weight excluding hydrogens is 474 g/mol. The molecule has 3 rings (SSSR count). The zero-order chi connectivity index (χ0) is 26.9. The first-order chi connectivity index (χ1) is 17.8. The molecule has 2 amide bonds. The average Bonchev–Trinajstić information content (AvgIpc) is 3.12. The van der Waals surface area contributed by atoms with Crippen LogP contribution in [-0.2, 0) is 16.0 Å². The minimum atomic E-state index is -0.372. The standard InChI is InChI=1S/C28H35N3O6/c1-6-13-30-25(34)8-7-14-29-22-12-10-19-20(16-23(22)33)21(31-17(2)32)11-9-18-15-24(35-3)27(36-4)28(37-5)26(18)19/h6,10,12,15-16,21H,1,7-9,11,13-14H2,2-5H3,(H,29,33)(H,30,34)(H,31,32). The highest BCUT2D eigenvalue weighted by molar-refractivity contribution is 5.83. The maximum absolute atomic E-state index is 13.3. The Bertz CT molecular complexity index is 1230. The van der Waals surface area contributed by atoms with Gasteiger partial charge in [0.25, 0.3) is 0 Å². The van der Waals surface area contributed by atoms with Gasteiger partial charge in [-0.3, -0.25) is 14.4 Å². The highest BCUT2D eigenvalue weighted by Gasteiger charge is 2.29. The summed E-state index contributed by atoms with van der Waals surface area (Å²) in [6.45, 7) is 5.92. The number of carbonyl (C=O) groups is 2. The van der Waals surface area contributed by atoms with Gasteiger partial charge in [0.15, 0.2) is 11.5 Å². The van der Waals surface area contributed by atoms with Crippen LogP contribution in [0.1, 0.15) is 43.4 Å². The highest BCUT2D eigenvalue weighted by atomic mass is 16.5. The molecule has 0 aromatic heterocycles. The van der Waals surface area contributed by atoms with E-state index in [2.05, 4.69) is 22.5 Å². The van der Waals surface area contributed by atoms with Crippen LogP contribution in [0.3, 0.4) is 0 Å². The van der Waals surface area contributed by atoms with E-state index in [0.717, 1.165) is 16.7 Å². The number of rotatable bonds is 11. The summed E-state index contributed by atoms with van der Waals surface area (Å²) in [7, 11) is 4.68. The molecule has 0 bridgehead atoms. The molecule has 1 unspecified atom stereocenters. The zero-order valence-electron chi connectivity index (χ0n) is 21.9. The van der Waals surface area contributed by atoms with E-state index in [-0.39, 0.29) is 23.3 Å². The molecule has 9 nitrogen and oxygen atoms in total. The summed E-state index contributed by atoms with van der Waals surface area (Å²) in [5.74, 6) is 1.24. The predicted molar refractivity (Wildman–Crippen MR) is 144 cm³/mol. The summed E-state index contributed by atoms with van der Waals surface area (Å²) in [6.07, 6.45) is 3.73. The van der Waals surface area contributed by atoms with Crippen molar-refractivity contribution in [3.63, 3.8) is 0 Å². The number of nitrogens with one attached hydrogen (secondary N) is 3. The van der Waals surface area contributed by atoms with Crippen molar-refractivity contribution in [1.29, 1.82) is 0 Å². The van der Waals surface area contributed by atoms with Crippen molar-refractivity contribution in [3.8, 4) is 28.4 Å². The van der Waals surface area contributed by atoms with E-state index in [0.29, 0.717) is 67.3 Å². The molecule has 1 atom stereocenters. The molecule has 0 heterocycles. The van der Waals surface area contributed by atoms with Crippen molar-refractivity contribution in [1.82, 2.24) is 10.6 Å². The fourth-order valence-corrected chi connectivity index (χ4v) is 4.60. The molecular formula is C28H35N3O6. The van der Waals surface area contributed by atoms with Crippen LogP contribution in [0.2, 0.25) is 0 Å². The third kappa shape index (κ3) is 6.41. The van der Waals surface area contributed by atoms with Gasteiger partial charge in [-0.25, -0.2) is 0 Å². The van der Waals surface area contributed by atoms with E-state index in [1.165, 1.54) is 6.92 Å². The molecule has 198 valence electrons. The minimum absolute atomic E-state index is 0.0689. The maximum Gasteiger partial charge on any atom is 0.220 e. The molecule has 0 radical (unpaired) electrons. The Morgan fingerprint density at radius 2 is 1.86 bits per heavy atom. The Morgan fingerprint density at radius 1 is 1.11 bits per heavy atom. The Hall–Kier alpha value is -4.01. The number of amides is 2. The van der Waals surface area contributed by atoms with Crippen molar-refractivity contribution in [2.45, 2.75) is 38.6 Å². The molecule has 0 fully saturated rings. The first kappa shape index (κ1) is 27.6. The second kappa shape index (κ2) is 12.8. The third-order valence-corrected chi connectivity index (χ3v) is 6.26. The van der Waals surface area contributed by atoms with Crippen LogP contribution < -0.4 is 35.6 Å². The van der Waals surface area contributed by atoms with Crippen LogP contribution >= 0.6 is 0 Å². The highest BCUT2D eigenvalue weighted by Crippen LogP contribution is 2.50. The van der Waals surface area contributed by atoms with Gasteiger partial charge in [-0.15, -0.1) is 6.58 Å². The van der Waals surface area contributed by atoms with Gasteiger partial charge in [-0.2, -0.15) is 0 Å². The summed E-state index contributed by atoms with van der Waals surface area (Å²) in [4.78, 5) is 37.1. The van der Waals surface area contributed by atoms with Crippen molar-refractivity contribution in [2.75, 3.05) is 39.7 Å². The molecule has 0 aliphatic heterocycles. The number of methoxy groups -OCH3 is 3. The van der Waals surface area contributed by atoms with Gasteiger partial charge in [-0.1, -0.05) is 12.1 Å². The van der Waals surface area contributed by atoms with Crippen LogP contribution in [0, 0.1) is 0 Å². The van der Waals surface area contributed by atoms with Crippen molar-refractivity contribution >= 4 is 17.5 Å². The Labute approximate surface area is 217 Å². The maximum atomic E-state index is 13.3. The van der Waals surface area contributed by atoms with Crippen LogP contribution in [0.15, 0.2) is 41.7 Å². The van der Waals surface area contributed by atoms with Gasteiger partial charge < -0.3 is 30.2 Å². The van der Waals surface area contributed by atoms with E-state index in [9.17, 15) is 14.4 Å². The largest absolute Gasteiger partial charge is 0.493 e. The molecule has 9 heteroatoms. The lowest BCUT2D eigenvalue weighted by atomic mass is 9.95. The number of fused-ring (bicyclic) bond motifs is 3. The molecule has 0 saturated carbocycles. The lowest BCUT2D eigenvalue weighted by Crippen LogP contribution is -2.26. The van der Waals surface area contributed by atoms with Gasteiger partial charge in [-0.05, 0) is 54.2 Å². The Morgan fingerprint density at radius 3 is 2.51 bits per heavy atom. The van der Waals surface area contributed by atoms with E-state index >= 15 is 0 Å². The summed E-state index contributed by atoms with van der Waals surface area (Å²) in [5, 5.41) is 8.89. The summed E-state index contributed by atoms with van der Waals surface area (Å²) < 4.78 is 17.0. The number of aryl methyl sites for hydroxylation is 1. The lowest BCUT2D eigenvalue weighted by Gasteiger charge is -2.19. The van der Waals surface area contributed by atoms with Gasteiger partial charge in [0, 0.05) is 32.0 Å². The normalized spacial score (nSPS) is 13.8. The zero-order valence-corrected chi connectivity index (χ0v) is 21.9. The van der Waals surface area contributed by atoms with Crippen LogP contribution in [0.25, 0.3) is 11.1 Å². The Balaban J connectivity index is 2.06. The van der Waals surface area contributed by atoms with Crippen molar-refractivity contribution < 1.29 is 23.8 Å². The topological polar surface area (TPSA) is 115 Å². The average molecular weight is 510 g/mol. The molecule has 2 aromatic carbocycles. The number of carbonyl (C=O) groups excluding carboxylic acids is 2. The molecule has 2 aromatic rings. The summed E-state index contributed by atoms with van der Waals surface area (Å²) >= 11 is 0. The van der Waals surface area contributed by atoms with Gasteiger partial charge >= 0.3 is 0 Å². The second-order valence-corrected chi connectivity index (χ2v) is 8.72. The van der Waals surface area contributed by atoms with E-state index < -0.39 is 0 Å². The fraction of sp³-hybridized carbons (Fsp3) is 0.393. The monoisotopic (exact) mass is 509 g/mol. The SMILES string of the molecule is C=CCNC(=O)CCCNc1ccc2c(cc1=O)C(NC(C)=O)CCc1cc(OC)c(OC)c(OC)c1-2. The number of benzene rings is 1. The Kier molecular flexibility index (Phi) is 9.54. The molecule has 3 N–H and O–H groups in total. The van der Waals surface area contributed by atoms with Crippen LogP contribution in [0.5, 0.6) is 17.2 Å². The predicted octanol–water partition coefficient (Wildman–Crippen LogP) is 3.36. The molecule has 0 spiro atoms. The first-order valence-electron chi connectivity index (χ1n) is 12.2. The molecule has 37 heavy (non-hydrogen) atoms. The molecule has 1 aliphatic rings. The quantitative estimate of drug-likeness (QED) is 0.314. The third-order valence-electron chi connectivity index (χ3n) is 6.26. The molecule has 1 aliphatic carbocycles. The van der Waals surface area contributed by atoms with Crippen molar-refractivity contribution in [2.24, 2.45) is 0 Å². The summed E-state index contributed by atoms with van der Waals surface area (Å²) in [5.41, 5.74) is 3.41. The lowest BCUT2D eigenvalue weighted by molar-refractivity contribution is -0.121. The second-order valence-electron chi connectivity index (χ2n) is 8.72. The van der Waals surface area contributed by atoms with E-state index in [1.54, 1.807) is 39.5 Å². The van der Waals surface area contributed by atoms with Crippen LogP contribution in [0.4, 0.5) is 5.69 Å². The number of ether oxygens (including phenoxy) is 3. The van der Waals surface area contributed by atoms with Crippen LogP contribution in [-0.4, -0.2) is 46.2 Å². The van der Waals surface area contributed by atoms with Gasteiger partial charge in [0.1, 0.15) is 0 Å². The number of hydrogen-bond acceptors (Lipinski definition) is 7. The summed E-state index contributed by atoms with van der Waals surface area (Å²) in [6, 6.07) is 6.71. The number of hydrogen-bond donors (Lipinski definition) is 3. The molecule has 0 saturated heterocycles. The number of anilines is 1. The first-order valence-corrected chi connectivity index (χ1v) is 12.2. The van der Waals surface area contributed by atoms with Gasteiger partial charge in [0.2, 0.25) is 23.0 Å². The van der Waals surface area contributed by atoms with E-state index in [4.69, 9.17) is 14.2 Å². The van der Waals surface area contributed by atoms with E-state index in [1.807, 2.05) is 12.1 Å². The van der Waals surface area contributed by atoms with Gasteiger partial charge in [0.05, 0.1) is 33.1 Å². The minimum Gasteiger partial charge on any atom is -0.493 e.